The van der Waals surface area contributed by atoms with E-state index < -0.39 is 0 Å². The molecule has 1 rings (SSSR count). The van der Waals surface area contributed by atoms with Crippen molar-refractivity contribution in [3.63, 3.8) is 0 Å². The minimum atomic E-state index is 0.571. The molecule has 0 aromatic carbocycles. The van der Waals surface area contributed by atoms with Gasteiger partial charge >= 0.3 is 0 Å². The number of piperazine rings is 1. The van der Waals surface area contributed by atoms with Gasteiger partial charge in [-0.25, -0.2) is 0 Å². The third-order valence-corrected chi connectivity index (χ3v) is 3.36. The Bertz CT molecular complexity index is 225. The van der Waals surface area contributed by atoms with Gasteiger partial charge in [-0.05, 0) is 20.4 Å². The van der Waals surface area contributed by atoms with Crippen LogP contribution in [0.5, 0.6) is 0 Å². The van der Waals surface area contributed by atoms with E-state index in [4.69, 9.17) is 0 Å². The highest BCUT2D eigenvalue weighted by molar-refractivity contribution is 5.15. The van der Waals surface area contributed by atoms with Gasteiger partial charge in [-0.3, -0.25) is 4.90 Å². The molecule has 15 heavy (non-hydrogen) atoms. The molecule has 0 aliphatic carbocycles. The van der Waals surface area contributed by atoms with Crippen LogP contribution in [0.4, 0.5) is 0 Å². The summed E-state index contributed by atoms with van der Waals surface area (Å²) >= 11 is 0. The van der Waals surface area contributed by atoms with Crippen molar-refractivity contribution >= 4 is 0 Å². The maximum absolute atomic E-state index is 3.78. The van der Waals surface area contributed by atoms with E-state index in [0.717, 1.165) is 6.42 Å². The van der Waals surface area contributed by atoms with Crippen molar-refractivity contribution in [1.29, 1.82) is 0 Å². The zero-order chi connectivity index (χ0) is 11.3. The predicted molar refractivity (Wildman–Crippen MR) is 67.1 cm³/mol. The van der Waals surface area contributed by atoms with E-state index in [9.17, 15) is 0 Å². The second kappa shape index (κ2) is 6.09. The summed E-state index contributed by atoms with van der Waals surface area (Å²) in [5, 5.41) is 0. The Hall–Kier alpha value is -0.600. The number of hydrogen-bond donors (Lipinski definition) is 0. The van der Waals surface area contributed by atoms with Crippen LogP contribution in [0, 0.1) is 0 Å². The summed E-state index contributed by atoms with van der Waals surface area (Å²) in [7, 11) is 2.20. The normalized spacial score (nSPS) is 22.7. The fraction of sp³-hybridized carbons (Fsp3) is 0.692. The summed E-state index contributed by atoms with van der Waals surface area (Å²) in [5.41, 5.74) is 1.49. The molecule has 1 heterocycles. The van der Waals surface area contributed by atoms with Gasteiger partial charge in [0.05, 0.1) is 0 Å². The number of rotatable bonds is 4. The Labute approximate surface area is 94.3 Å². The summed E-state index contributed by atoms with van der Waals surface area (Å²) in [5.74, 6) is 0. The molecule has 0 saturated carbocycles. The van der Waals surface area contributed by atoms with E-state index in [1.165, 1.54) is 31.8 Å². The van der Waals surface area contributed by atoms with E-state index >= 15 is 0 Å². The topological polar surface area (TPSA) is 6.48 Å². The molecule has 0 N–H and O–H groups in total. The summed E-state index contributed by atoms with van der Waals surface area (Å²) in [6, 6.07) is 0.571. The molecule has 2 nitrogen and oxygen atoms in total. The van der Waals surface area contributed by atoms with Gasteiger partial charge < -0.3 is 4.90 Å². The van der Waals surface area contributed by atoms with Gasteiger partial charge in [-0.2, -0.15) is 0 Å². The number of likely N-dealkylation sites (N-methyl/N-ethyl adjacent to an activating group) is 1. The molecule has 0 radical (unpaired) electrons. The first-order valence-corrected chi connectivity index (χ1v) is 5.93. The first-order chi connectivity index (χ1) is 7.19. The van der Waals surface area contributed by atoms with Gasteiger partial charge in [0.2, 0.25) is 0 Å². The van der Waals surface area contributed by atoms with E-state index in [0.29, 0.717) is 6.04 Å². The van der Waals surface area contributed by atoms with Crippen molar-refractivity contribution in [2.75, 3.05) is 33.2 Å². The molecule has 1 saturated heterocycles. The fourth-order valence-corrected chi connectivity index (χ4v) is 2.15. The highest BCUT2D eigenvalue weighted by atomic mass is 15.3. The summed E-state index contributed by atoms with van der Waals surface area (Å²) < 4.78 is 0. The molecule has 1 aliphatic rings. The van der Waals surface area contributed by atoms with E-state index in [-0.39, 0.29) is 0 Å². The maximum Gasteiger partial charge on any atom is 0.0283 e. The highest BCUT2D eigenvalue weighted by Crippen LogP contribution is 2.15. The minimum Gasteiger partial charge on any atom is -0.304 e. The van der Waals surface area contributed by atoms with E-state index in [1.54, 1.807) is 0 Å². The third kappa shape index (κ3) is 3.47. The smallest absolute Gasteiger partial charge is 0.0283 e. The molecule has 86 valence electrons. The van der Waals surface area contributed by atoms with Crippen molar-refractivity contribution in [3.8, 4) is 0 Å². The highest BCUT2D eigenvalue weighted by Gasteiger charge is 2.20. The molecule has 1 fully saturated rings. The zero-order valence-corrected chi connectivity index (χ0v) is 10.4. The van der Waals surface area contributed by atoms with Crippen LogP contribution in [0.3, 0.4) is 0 Å². The Kier molecular flexibility index (Phi) is 5.06. The molecule has 0 aromatic rings. The van der Waals surface area contributed by atoms with E-state index in [1.807, 2.05) is 6.08 Å². The van der Waals surface area contributed by atoms with Crippen molar-refractivity contribution in [1.82, 2.24) is 9.80 Å². The van der Waals surface area contributed by atoms with Crippen molar-refractivity contribution < 1.29 is 0 Å². The molecule has 1 atom stereocenters. The van der Waals surface area contributed by atoms with Crippen LogP contribution in [0.1, 0.15) is 20.3 Å². The average Bonchev–Trinajstić information content (AvgIpc) is 2.26. The number of hydrogen-bond acceptors (Lipinski definition) is 2. The monoisotopic (exact) mass is 208 g/mol. The lowest BCUT2D eigenvalue weighted by atomic mass is 10.0. The van der Waals surface area contributed by atoms with Gasteiger partial charge in [-0.1, -0.05) is 31.2 Å². The molecule has 1 unspecified atom stereocenters. The van der Waals surface area contributed by atoms with Gasteiger partial charge in [0.1, 0.15) is 0 Å². The lowest BCUT2D eigenvalue weighted by Gasteiger charge is -2.37. The molecule has 2 heteroatoms. The van der Waals surface area contributed by atoms with Crippen LogP contribution in [-0.4, -0.2) is 49.1 Å². The third-order valence-electron chi connectivity index (χ3n) is 3.36. The fourth-order valence-electron chi connectivity index (χ4n) is 2.15. The molecule has 1 aliphatic heterocycles. The Morgan fingerprint density at radius 2 is 1.93 bits per heavy atom. The Balaban J connectivity index is 2.55. The minimum absolute atomic E-state index is 0.571. The molecule has 0 spiro atoms. The lowest BCUT2D eigenvalue weighted by molar-refractivity contribution is 0.131. The molecule has 0 bridgehead atoms. The number of nitrogens with zero attached hydrogens (tertiary/aromatic N) is 2. The lowest BCUT2D eigenvalue weighted by Crippen LogP contribution is -2.48. The van der Waals surface area contributed by atoms with Crippen LogP contribution < -0.4 is 0 Å². The standard InChI is InChI=1S/C13H24N2/c1-5-7-13(6-2)12(3)15-10-8-14(4)9-11-15/h5,7,12H,1,6,8-11H2,2-4H3/b13-7+. The first kappa shape index (κ1) is 12.5. The summed E-state index contributed by atoms with van der Waals surface area (Å²) in [6.07, 6.45) is 5.20. The maximum atomic E-state index is 3.78. The van der Waals surface area contributed by atoms with Gasteiger partial charge in [0.25, 0.3) is 0 Å². The average molecular weight is 208 g/mol. The predicted octanol–water partition coefficient (Wildman–Crippen LogP) is 2.14. The first-order valence-electron chi connectivity index (χ1n) is 5.93. The van der Waals surface area contributed by atoms with Crippen LogP contribution in [0.15, 0.2) is 24.3 Å². The van der Waals surface area contributed by atoms with E-state index in [2.05, 4.69) is 43.3 Å². The van der Waals surface area contributed by atoms with Crippen molar-refractivity contribution in [2.45, 2.75) is 26.3 Å². The van der Waals surface area contributed by atoms with Crippen molar-refractivity contribution in [3.05, 3.63) is 24.3 Å². The second-order valence-corrected chi connectivity index (χ2v) is 4.35. The van der Waals surface area contributed by atoms with Crippen LogP contribution in [0.2, 0.25) is 0 Å². The zero-order valence-electron chi connectivity index (χ0n) is 10.4. The molecular formula is C13H24N2. The molecular weight excluding hydrogens is 184 g/mol. The Morgan fingerprint density at radius 3 is 2.40 bits per heavy atom. The quantitative estimate of drug-likeness (QED) is 0.653. The summed E-state index contributed by atoms with van der Waals surface area (Å²) in [4.78, 5) is 4.96. The SMILES string of the molecule is C=C/C=C(\CC)C(C)N1CCN(C)CC1. The van der Waals surface area contributed by atoms with Crippen LogP contribution >= 0.6 is 0 Å². The summed E-state index contributed by atoms with van der Waals surface area (Å²) in [6.45, 7) is 13.1. The largest absolute Gasteiger partial charge is 0.304 e. The van der Waals surface area contributed by atoms with Gasteiger partial charge in [0.15, 0.2) is 0 Å². The Morgan fingerprint density at radius 1 is 1.33 bits per heavy atom. The molecule has 0 amide bonds. The van der Waals surface area contributed by atoms with Crippen LogP contribution in [0.25, 0.3) is 0 Å². The van der Waals surface area contributed by atoms with Gasteiger partial charge in [-0.15, -0.1) is 0 Å². The number of allylic oxidation sites excluding steroid dienone is 2. The van der Waals surface area contributed by atoms with Gasteiger partial charge in [0, 0.05) is 32.2 Å². The van der Waals surface area contributed by atoms with Crippen molar-refractivity contribution in [2.24, 2.45) is 0 Å². The van der Waals surface area contributed by atoms with Crippen LogP contribution in [-0.2, 0) is 0 Å². The second-order valence-electron chi connectivity index (χ2n) is 4.35. The molecule has 0 aromatic heterocycles.